The van der Waals surface area contributed by atoms with Crippen molar-refractivity contribution in [3.05, 3.63) is 35.6 Å². The topological polar surface area (TPSA) is 38.3 Å². The maximum absolute atomic E-state index is 13.2. The fourth-order valence-corrected chi connectivity index (χ4v) is 1.26. The Labute approximate surface area is 94.6 Å². The molecule has 0 spiro atoms. The molecule has 88 valence electrons. The third kappa shape index (κ3) is 3.98. The average molecular weight is 225 g/mol. The van der Waals surface area contributed by atoms with Crippen LogP contribution in [0, 0.1) is 5.82 Å². The van der Waals surface area contributed by atoms with Gasteiger partial charge < -0.3 is 10.1 Å². The van der Waals surface area contributed by atoms with E-state index in [1.165, 1.54) is 12.1 Å². The molecule has 0 aliphatic carbocycles. The summed E-state index contributed by atoms with van der Waals surface area (Å²) in [6.45, 7) is 3.68. The molecule has 0 heterocycles. The molecular formula is C12H16FNO2. The summed E-state index contributed by atoms with van der Waals surface area (Å²) in [5.74, 6) is -0.876. The van der Waals surface area contributed by atoms with E-state index in [0.717, 1.165) is 6.42 Å². The monoisotopic (exact) mass is 225 g/mol. The molecule has 0 unspecified atom stereocenters. The van der Waals surface area contributed by atoms with E-state index < -0.39 is 5.82 Å². The van der Waals surface area contributed by atoms with Crippen LogP contribution in [-0.2, 0) is 4.74 Å². The van der Waals surface area contributed by atoms with Crippen molar-refractivity contribution in [2.75, 3.05) is 19.8 Å². The number of hydrogen-bond donors (Lipinski definition) is 1. The van der Waals surface area contributed by atoms with Crippen molar-refractivity contribution in [1.29, 1.82) is 0 Å². The van der Waals surface area contributed by atoms with Gasteiger partial charge in [-0.05, 0) is 25.5 Å². The zero-order chi connectivity index (χ0) is 11.8. The number of hydrogen-bond acceptors (Lipinski definition) is 2. The van der Waals surface area contributed by atoms with Crippen molar-refractivity contribution in [3.8, 4) is 0 Å². The van der Waals surface area contributed by atoms with Crippen molar-refractivity contribution in [3.63, 3.8) is 0 Å². The number of ether oxygens (including phenoxy) is 1. The minimum atomic E-state index is -0.496. The molecular weight excluding hydrogens is 209 g/mol. The van der Waals surface area contributed by atoms with Gasteiger partial charge in [0.15, 0.2) is 0 Å². The standard InChI is InChI=1S/C12H16FNO2/c1-2-16-9-5-8-14-12(15)10-6-3-4-7-11(10)13/h3-4,6-7H,2,5,8-9H2,1H3,(H,14,15). The Morgan fingerprint density at radius 2 is 2.19 bits per heavy atom. The highest BCUT2D eigenvalue weighted by molar-refractivity contribution is 5.94. The van der Waals surface area contributed by atoms with Gasteiger partial charge in [-0.1, -0.05) is 12.1 Å². The summed E-state index contributed by atoms with van der Waals surface area (Å²) >= 11 is 0. The van der Waals surface area contributed by atoms with Crippen LogP contribution in [0.25, 0.3) is 0 Å². The lowest BCUT2D eigenvalue weighted by atomic mass is 10.2. The fourth-order valence-electron chi connectivity index (χ4n) is 1.26. The summed E-state index contributed by atoms with van der Waals surface area (Å²) in [5.41, 5.74) is 0.0823. The van der Waals surface area contributed by atoms with Crippen LogP contribution in [0.2, 0.25) is 0 Å². The second-order valence-corrected chi connectivity index (χ2v) is 3.29. The Morgan fingerprint density at radius 3 is 2.88 bits per heavy atom. The lowest BCUT2D eigenvalue weighted by Gasteiger charge is -2.05. The molecule has 0 radical (unpaired) electrons. The molecule has 0 saturated carbocycles. The summed E-state index contributed by atoms with van der Waals surface area (Å²) in [6, 6.07) is 5.93. The number of amides is 1. The molecule has 0 aliphatic heterocycles. The van der Waals surface area contributed by atoms with Gasteiger partial charge in [0.25, 0.3) is 5.91 Å². The average Bonchev–Trinajstić information content (AvgIpc) is 2.29. The number of nitrogens with one attached hydrogen (secondary N) is 1. The summed E-state index contributed by atoms with van der Waals surface area (Å²) in [6.07, 6.45) is 0.730. The Bertz CT molecular complexity index is 342. The van der Waals surface area contributed by atoms with Gasteiger partial charge in [0.1, 0.15) is 5.82 Å². The van der Waals surface area contributed by atoms with E-state index >= 15 is 0 Å². The Hall–Kier alpha value is -1.42. The molecule has 1 aromatic rings. The highest BCUT2D eigenvalue weighted by Gasteiger charge is 2.09. The minimum Gasteiger partial charge on any atom is -0.382 e. The maximum atomic E-state index is 13.2. The number of rotatable bonds is 6. The van der Waals surface area contributed by atoms with Gasteiger partial charge in [0.05, 0.1) is 5.56 Å². The van der Waals surface area contributed by atoms with Crippen LogP contribution in [0.1, 0.15) is 23.7 Å². The molecule has 1 aromatic carbocycles. The molecule has 16 heavy (non-hydrogen) atoms. The third-order valence-electron chi connectivity index (χ3n) is 2.07. The first-order chi connectivity index (χ1) is 7.75. The number of carbonyl (C=O) groups excluding carboxylic acids is 1. The lowest BCUT2D eigenvalue weighted by molar-refractivity contribution is 0.0940. The number of benzene rings is 1. The van der Waals surface area contributed by atoms with E-state index in [-0.39, 0.29) is 11.5 Å². The van der Waals surface area contributed by atoms with Crippen molar-refractivity contribution in [1.82, 2.24) is 5.32 Å². The van der Waals surface area contributed by atoms with E-state index in [2.05, 4.69) is 5.32 Å². The second kappa shape index (κ2) is 6.95. The molecule has 4 heteroatoms. The minimum absolute atomic E-state index is 0.0823. The summed E-state index contributed by atoms with van der Waals surface area (Å²) in [5, 5.41) is 2.64. The summed E-state index contributed by atoms with van der Waals surface area (Å²) in [7, 11) is 0. The molecule has 0 aromatic heterocycles. The van der Waals surface area contributed by atoms with E-state index in [1.807, 2.05) is 6.92 Å². The first kappa shape index (κ1) is 12.6. The molecule has 0 saturated heterocycles. The van der Waals surface area contributed by atoms with Crippen LogP contribution >= 0.6 is 0 Å². The first-order valence-corrected chi connectivity index (χ1v) is 5.36. The predicted octanol–water partition coefficient (Wildman–Crippen LogP) is 1.98. The number of halogens is 1. The molecule has 0 fully saturated rings. The number of carbonyl (C=O) groups is 1. The zero-order valence-corrected chi connectivity index (χ0v) is 9.33. The first-order valence-electron chi connectivity index (χ1n) is 5.36. The van der Waals surface area contributed by atoms with E-state index in [1.54, 1.807) is 12.1 Å². The third-order valence-corrected chi connectivity index (χ3v) is 2.07. The van der Waals surface area contributed by atoms with Gasteiger partial charge in [0.2, 0.25) is 0 Å². The zero-order valence-electron chi connectivity index (χ0n) is 9.33. The van der Waals surface area contributed by atoms with Gasteiger partial charge in [-0.2, -0.15) is 0 Å². The van der Waals surface area contributed by atoms with Gasteiger partial charge in [-0.15, -0.1) is 0 Å². The van der Waals surface area contributed by atoms with Crippen molar-refractivity contribution in [2.24, 2.45) is 0 Å². The Morgan fingerprint density at radius 1 is 1.44 bits per heavy atom. The SMILES string of the molecule is CCOCCCNC(=O)c1ccccc1F. The lowest BCUT2D eigenvalue weighted by Crippen LogP contribution is -2.26. The molecule has 0 atom stereocenters. The van der Waals surface area contributed by atoms with Crippen LogP contribution in [0.4, 0.5) is 4.39 Å². The van der Waals surface area contributed by atoms with Gasteiger partial charge >= 0.3 is 0 Å². The van der Waals surface area contributed by atoms with Crippen LogP contribution < -0.4 is 5.32 Å². The van der Waals surface area contributed by atoms with Crippen molar-refractivity contribution in [2.45, 2.75) is 13.3 Å². The van der Waals surface area contributed by atoms with E-state index in [9.17, 15) is 9.18 Å². The molecule has 1 rings (SSSR count). The van der Waals surface area contributed by atoms with Crippen LogP contribution in [-0.4, -0.2) is 25.7 Å². The fraction of sp³-hybridized carbons (Fsp3) is 0.417. The summed E-state index contributed by atoms with van der Waals surface area (Å²) in [4.78, 5) is 11.5. The van der Waals surface area contributed by atoms with Crippen molar-refractivity contribution < 1.29 is 13.9 Å². The smallest absolute Gasteiger partial charge is 0.254 e. The molecule has 3 nitrogen and oxygen atoms in total. The normalized spacial score (nSPS) is 10.1. The Balaban J connectivity index is 2.33. The molecule has 0 aliphatic rings. The van der Waals surface area contributed by atoms with E-state index in [4.69, 9.17) is 4.74 Å². The largest absolute Gasteiger partial charge is 0.382 e. The molecule has 1 amide bonds. The van der Waals surface area contributed by atoms with Crippen LogP contribution in [0.3, 0.4) is 0 Å². The molecule has 0 bridgehead atoms. The predicted molar refractivity (Wildman–Crippen MR) is 59.8 cm³/mol. The van der Waals surface area contributed by atoms with Crippen molar-refractivity contribution >= 4 is 5.91 Å². The van der Waals surface area contributed by atoms with Gasteiger partial charge in [-0.3, -0.25) is 4.79 Å². The highest BCUT2D eigenvalue weighted by atomic mass is 19.1. The maximum Gasteiger partial charge on any atom is 0.254 e. The second-order valence-electron chi connectivity index (χ2n) is 3.29. The quantitative estimate of drug-likeness (QED) is 0.752. The molecule has 1 N–H and O–H groups in total. The van der Waals surface area contributed by atoms with Gasteiger partial charge in [-0.25, -0.2) is 4.39 Å². The Kier molecular flexibility index (Phi) is 5.50. The van der Waals surface area contributed by atoms with Crippen LogP contribution in [0.15, 0.2) is 24.3 Å². The van der Waals surface area contributed by atoms with Gasteiger partial charge in [0, 0.05) is 19.8 Å². The van der Waals surface area contributed by atoms with Crippen LogP contribution in [0.5, 0.6) is 0 Å². The summed E-state index contributed by atoms with van der Waals surface area (Å²) < 4.78 is 18.3. The van der Waals surface area contributed by atoms with E-state index in [0.29, 0.717) is 19.8 Å². The highest BCUT2D eigenvalue weighted by Crippen LogP contribution is 2.05.